The Kier molecular flexibility index (Phi) is 8.14. The average Bonchev–Trinajstić information content (AvgIpc) is 3.16. The highest BCUT2D eigenvalue weighted by Gasteiger charge is 2.31. The second-order valence-corrected chi connectivity index (χ2v) is 18.2. The minimum atomic E-state index is -2.52. The predicted molar refractivity (Wildman–Crippen MR) is 212 cm³/mol. The van der Waals surface area contributed by atoms with E-state index in [1.165, 1.54) is 64.5 Å². The van der Waals surface area contributed by atoms with Gasteiger partial charge < -0.3 is 0 Å². The lowest BCUT2D eigenvalue weighted by molar-refractivity contribution is 1.72. The van der Waals surface area contributed by atoms with Crippen LogP contribution in [0.2, 0.25) is 0 Å². The first-order valence-corrected chi connectivity index (χ1v) is 20.0. The van der Waals surface area contributed by atoms with Crippen LogP contribution in [0.1, 0.15) is 0 Å². The minimum absolute atomic E-state index is 0.897. The van der Waals surface area contributed by atoms with Crippen LogP contribution in [0.4, 0.5) is 0 Å². The number of hydrogen-bond acceptors (Lipinski definition) is 1. The topological polar surface area (TPSA) is 0 Å². The van der Waals surface area contributed by atoms with Gasteiger partial charge in [0.05, 0.1) is 0 Å². The number of fused-ring (bicyclic) bond motifs is 2. The van der Waals surface area contributed by atoms with Crippen molar-refractivity contribution < 1.29 is 0 Å². The first-order valence-electron chi connectivity index (χ1n) is 15.9. The summed E-state index contributed by atoms with van der Waals surface area (Å²) in [6.07, 6.45) is 0. The quantitative estimate of drug-likeness (QED) is 0.155. The van der Waals surface area contributed by atoms with Crippen LogP contribution in [0.3, 0.4) is 0 Å². The molecule has 0 heterocycles. The van der Waals surface area contributed by atoms with E-state index in [1.807, 2.05) is 0 Å². The average molecular weight is 655 g/mol. The first kappa shape index (κ1) is 29.7. The van der Waals surface area contributed by atoms with E-state index in [1.54, 1.807) is 0 Å². The van der Waals surface area contributed by atoms with Gasteiger partial charge in [0.15, 0.2) is 0 Å². The van der Waals surface area contributed by atoms with E-state index in [4.69, 9.17) is 11.8 Å². The van der Waals surface area contributed by atoms with E-state index in [2.05, 4.69) is 194 Å². The molecule has 0 bridgehead atoms. The summed E-state index contributed by atoms with van der Waals surface area (Å²) in [5, 5.41) is 12.6. The molecule has 0 spiro atoms. The molecule has 0 N–H and O–H groups in total. The molecule has 8 aromatic rings. The molecule has 0 saturated heterocycles. The summed E-state index contributed by atoms with van der Waals surface area (Å²) < 4.78 is 0. The van der Waals surface area contributed by atoms with Crippen LogP contribution < -0.4 is 31.8 Å². The third-order valence-corrected chi connectivity index (χ3v) is 16.4. The second kappa shape index (κ2) is 12.9. The molecule has 0 saturated carbocycles. The molecule has 47 heavy (non-hydrogen) atoms. The normalized spacial score (nSPS) is 11.7. The van der Waals surface area contributed by atoms with Crippen molar-refractivity contribution in [3.63, 3.8) is 0 Å². The van der Waals surface area contributed by atoms with E-state index in [0.717, 1.165) is 0 Å². The lowest BCUT2D eigenvalue weighted by Crippen LogP contribution is -2.28. The molecule has 0 radical (unpaired) electrons. The third-order valence-electron chi connectivity index (χ3n) is 8.91. The first-order chi connectivity index (χ1) is 23.2. The summed E-state index contributed by atoms with van der Waals surface area (Å²) in [5.74, 6) is 0. The highest BCUT2D eigenvalue weighted by molar-refractivity contribution is 8.25. The van der Waals surface area contributed by atoms with Crippen molar-refractivity contribution in [2.75, 3.05) is 0 Å². The molecule has 0 aliphatic carbocycles. The summed E-state index contributed by atoms with van der Waals surface area (Å²) in [5.41, 5.74) is 2.54. The van der Waals surface area contributed by atoms with Gasteiger partial charge in [0.1, 0.15) is 0 Å². The van der Waals surface area contributed by atoms with Gasteiger partial charge in [-0.1, -0.05) is 206 Å². The van der Waals surface area contributed by atoms with Crippen LogP contribution in [0.5, 0.6) is 0 Å². The van der Waals surface area contributed by atoms with Crippen LogP contribution in [0.25, 0.3) is 32.7 Å². The molecule has 0 aliphatic rings. The van der Waals surface area contributed by atoms with E-state index < -0.39 is 14.0 Å². The van der Waals surface area contributed by atoms with Crippen molar-refractivity contribution in [2.24, 2.45) is 0 Å². The van der Waals surface area contributed by atoms with E-state index in [9.17, 15) is 0 Å². The molecule has 0 atom stereocenters. The Bertz CT molecular complexity index is 2290. The summed E-state index contributed by atoms with van der Waals surface area (Å²) in [6, 6.07) is 68.2. The van der Waals surface area contributed by atoms with Crippen LogP contribution >= 0.6 is 14.0 Å². The molecule has 0 aromatic heterocycles. The van der Waals surface area contributed by atoms with Gasteiger partial charge in [0, 0.05) is 11.3 Å². The standard InChI is InChI=1S/C44H32P2S/c47-46(37-23-9-3-10-24-37,38-25-11-4-12-26-38)42-32-30-34-18-14-16-28-40(34)44(42)43-39-27-15-13-17-33(39)29-31-41(43)45(35-19-5-1-6-20-35)36-21-7-2-8-22-36/h1-32H. The van der Waals surface area contributed by atoms with Gasteiger partial charge in [0.25, 0.3) is 0 Å². The molecular formula is C44H32P2S. The fraction of sp³-hybridized carbons (Fsp3) is 0. The highest BCUT2D eigenvalue weighted by Crippen LogP contribution is 2.49. The maximum absolute atomic E-state index is 7.09. The Morgan fingerprint density at radius 2 is 0.766 bits per heavy atom. The lowest BCUT2D eigenvalue weighted by Gasteiger charge is -2.30. The summed E-state index contributed by atoms with van der Waals surface area (Å²) in [7, 11) is -0.897. The maximum atomic E-state index is 7.09. The monoisotopic (exact) mass is 654 g/mol. The van der Waals surface area contributed by atoms with E-state index >= 15 is 0 Å². The number of rotatable bonds is 7. The maximum Gasteiger partial charge on any atom is 0.0385 e. The molecule has 3 heteroatoms. The van der Waals surface area contributed by atoms with Gasteiger partial charge in [-0.25, -0.2) is 0 Å². The Labute approximate surface area is 283 Å². The Morgan fingerprint density at radius 1 is 0.362 bits per heavy atom. The third kappa shape index (κ3) is 5.36. The van der Waals surface area contributed by atoms with Crippen molar-refractivity contribution in [1.29, 1.82) is 0 Å². The van der Waals surface area contributed by atoms with Gasteiger partial charge in [-0.15, -0.1) is 0 Å². The van der Waals surface area contributed by atoms with Crippen molar-refractivity contribution in [2.45, 2.75) is 0 Å². The van der Waals surface area contributed by atoms with Crippen molar-refractivity contribution in [3.05, 3.63) is 194 Å². The minimum Gasteiger partial charge on any atom is -0.0826 e. The second-order valence-electron chi connectivity index (χ2n) is 11.6. The Morgan fingerprint density at radius 3 is 1.28 bits per heavy atom. The van der Waals surface area contributed by atoms with Gasteiger partial charge in [-0.2, -0.15) is 0 Å². The predicted octanol–water partition coefficient (Wildman–Crippen LogP) is 9.17. The molecule has 8 rings (SSSR count). The van der Waals surface area contributed by atoms with E-state index in [-0.39, 0.29) is 0 Å². The molecule has 0 aliphatic heterocycles. The van der Waals surface area contributed by atoms with Gasteiger partial charge in [0.2, 0.25) is 0 Å². The molecule has 0 nitrogen and oxygen atoms in total. The lowest BCUT2D eigenvalue weighted by atomic mass is 9.93. The Hall–Kier alpha value is -4.64. The smallest absolute Gasteiger partial charge is 0.0385 e. The fourth-order valence-corrected chi connectivity index (χ4v) is 13.3. The highest BCUT2D eigenvalue weighted by atomic mass is 32.4. The summed E-state index contributed by atoms with van der Waals surface area (Å²) in [4.78, 5) is 0. The van der Waals surface area contributed by atoms with E-state index in [0.29, 0.717) is 0 Å². The largest absolute Gasteiger partial charge is 0.0826 e. The summed E-state index contributed by atoms with van der Waals surface area (Å²) >= 11 is 7.09. The number of hydrogen-bond donors (Lipinski definition) is 0. The molecule has 8 aromatic carbocycles. The zero-order valence-corrected chi connectivity index (χ0v) is 28.4. The molecule has 0 unspecified atom stereocenters. The SMILES string of the molecule is S=P(c1ccccc1)(c1ccccc1)c1ccc2ccccc2c1-c1c(P(c2ccccc2)c2ccccc2)ccc2ccccc12. The van der Waals surface area contributed by atoms with Crippen LogP contribution in [-0.4, -0.2) is 0 Å². The number of benzene rings is 8. The fourth-order valence-electron chi connectivity index (χ4n) is 6.78. The molecule has 0 fully saturated rings. The zero-order valence-electron chi connectivity index (χ0n) is 25.8. The Balaban J connectivity index is 1.56. The van der Waals surface area contributed by atoms with Crippen LogP contribution in [0.15, 0.2) is 194 Å². The van der Waals surface area contributed by atoms with Gasteiger partial charge in [-0.3, -0.25) is 0 Å². The van der Waals surface area contributed by atoms with Crippen molar-refractivity contribution in [1.82, 2.24) is 0 Å². The van der Waals surface area contributed by atoms with Gasteiger partial charge in [-0.05, 0) is 67.1 Å². The van der Waals surface area contributed by atoms with Crippen LogP contribution in [0, 0.1) is 0 Å². The van der Waals surface area contributed by atoms with Crippen molar-refractivity contribution in [3.8, 4) is 11.1 Å². The van der Waals surface area contributed by atoms with Crippen LogP contribution in [-0.2, 0) is 11.8 Å². The molecular weight excluding hydrogens is 622 g/mol. The summed E-state index contributed by atoms with van der Waals surface area (Å²) in [6.45, 7) is 0. The zero-order chi connectivity index (χ0) is 31.6. The molecule has 0 amide bonds. The molecule has 224 valence electrons. The van der Waals surface area contributed by atoms with Crippen molar-refractivity contribution >= 4 is 79.1 Å². The van der Waals surface area contributed by atoms with Gasteiger partial charge >= 0.3 is 0 Å².